The van der Waals surface area contributed by atoms with Gasteiger partial charge in [-0.15, -0.1) is 0 Å². The number of ether oxygens (including phenoxy) is 2. The molecule has 1 aliphatic rings. The number of benzene rings is 2. The smallest absolute Gasteiger partial charge is 0.244 e. The number of amides is 1. The number of rotatable bonds is 8. The molecule has 0 saturated carbocycles. The van der Waals surface area contributed by atoms with E-state index in [1.165, 1.54) is 18.4 Å². The Balaban J connectivity index is 1.65. The molecule has 0 spiro atoms. The van der Waals surface area contributed by atoms with Gasteiger partial charge in [-0.25, -0.2) is 0 Å². The van der Waals surface area contributed by atoms with Crippen LogP contribution >= 0.6 is 0 Å². The average Bonchev–Trinajstić information content (AvgIpc) is 3.27. The van der Waals surface area contributed by atoms with Gasteiger partial charge in [-0.1, -0.05) is 24.3 Å². The van der Waals surface area contributed by atoms with Crippen LogP contribution in [0.5, 0.6) is 11.5 Å². The minimum absolute atomic E-state index is 0.102. The van der Waals surface area contributed by atoms with Crippen LogP contribution in [0.2, 0.25) is 0 Å². The van der Waals surface area contributed by atoms with Crippen LogP contribution in [0, 0.1) is 0 Å². The Labute approximate surface area is 167 Å². The summed E-state index contributed by atoms with van der Waals surface area (Å²) in [6, 6.07) is 15.9. The molecule has 0 bridgehead atoms. The Bertz CT molecular complexity index is 813. The molecule has 2 aromatic rings. The zero-order valence-corrected chi connectivity index (χ0v) is 16.6. The first kappa shape index (κ1) is 20.0. The standard InChI is InChI=1S/C23H28N2O3/c1-27-20-9-5-7-18(15-20)11-12-23(26)24-17-22(25-13-3-4-14-25)19-8-6-10-21(16-19)28-2/h5-12,15-16,22H,3-4,13-14,17H2,1-2H3,(H,24,26)/b12-11+. The number of methoxy groups -OCH3 is 2. The summed E-state index contributed by atoms with van der Waals surface area (Å²) in [6.45, 7) is 2.67. The first-order valence-corrected chi connectivity index (χ1v) is 9.67. The summed E-state index contributed by atoms with van der Waals surface area (Å²) in [5.41, 5.74) is 2.09. The number of carbonyl (C=O) groups excluding carboxylic acids is 1. The lowest BCUT2D eigenvalue weighted by Gasteiger charge is -2.28. The molecule has 1 N–H and O–H groups in total. The Hall–Kier alpha value is -2.79. The molecule has 1 atom stereocenters. The van der Waals surface area contributed by atoms with Crippen molar-refractivity contribution in [2.75, 3.05) is 33.9 Å². The second-order valence-electron chi connectivity index (χ2n) is 6.89. The zero-order valence-electron chi connectivity index (χ0n) is 16.6. The third-order valence-corrected chi connectivity index (χ3v) is 5.05. The van der Waals surface area contributed by atoms with Crippen LogP contribution in [-0.2, 0) is 4.79 Å². The first-order chi connectivity index (χ1) is 13.7. The van der Waals surface area contributed by atoms with Gasteiger partial charge in [-0.2, -0.15) is 0 Å². The second-order valence-corrected chi connectivity index (χ2v) is 6.89. The Morgan fingerprint density at radius 3 is 2.46 bits per heavy atom. The summed E-state index contributed by atoms with van der Waals surface area (Å²) in [4.78, 5) is 14.8. The van der Waals surface area contributed by atoms with Crippen LogP contribution in [0.4, 0.5) is 0 Å². The van der Waals surface area contributed by atoms with Gasteiger partial charge < -0.3 is 14.8 Å². The fourth-order valence-electron chi connectivity index (χ4n) is 3.53. The highest BCUT2D eigenvalue weighted by Crippen LogP contribution is 2.27. The summed E-state index contributed by atoms with van der Waals surface area (Å²) < 4.78 is 10.6. The van der Waals surface area contributed by atoms with Gasteiger partial charge in [0.15, 0.2) is 0 Å². The summed E-state index contributed by atoms with van der Waals surface area (Å²) in [5, 5.41) is 3.05. The minimum Gasteiger partial charge on any atom is -0.497 e. The van der Waals surface area contributed by atoms with Gasteiger partial charge in [-0.05, 0) is 67.4 Å². The molecule has 0 aromatic heterocycles. The molecule has 2 aromatic carbocycles. The van der Waals surface area contributed by atoms with Crippen LogP contribution in [0.15, 0.2) is 54.6 Å². The topological polar surface area (TPSA) is 50.8 Å². The lowest BCUT2D eigenvalue weighted by molar-refractivity contribution is -0.116. The predicted molar refractivity (Wildman–Crippen MR) is 112 cm³/mol. The van der Waals surface area contributed by atoms with E-state index in [0.29, 0.717) is 6.54 Å². The van der Waals surface area contributed by atoms with Gasteiger partial charge in [0.2, 0.25) is 5.91 Å². The number of hydrogen-bond donors (Lipinski definition) is 1. The molecule has 148 valence electrons. The van der Waals surface area contributed by atoms with Crippen molar-refractivity contribution in [2.45, 2.75) is 18.9 Å². The van der Waals surface area contributed by atoms with E-state index >= 15 is 0 Å². The van der Waals surface area contributed by atoms with Gasteiger partial charge in [0.05, 0.1) is 20.3 Å². The molecule has 1 saturated heterocycles. The van der Waals surface area contributed by atoms with Gasteiger partial charge in [0, 0.05) is 12.6 Å². The Kier molecular flexibility index (Phi) is 7.09. The van der Waals surface area contributed by atoms with Gasteiger partial charge in [0.1, 0.15) is 11.5 Å². The maximum Gasteiger partial charge on any atom is 0.244 e. The van der Waals surface area contributed by atoms with Crippen molar-refractivity contribution in [2.24, 2.45) is 0 Å². The quantitative estimate of drug-likeness (QED) is 0.710. The van der Waals surface area contributed by atoms with Gasteiger partial charge >= 0.3 is 0 Å². The van der Waals surface area contributed by atoms with E-state index in [1.54, 1.807) is 26.4 Å². The van der Waals surface area contributed by atoms with Crippen LogP contribution in [-0.4, -0.2) is 44.7 Å². The molecule has 5 heteroatoms. The number of nitrogens with one attached hydrogen (secondary N) is 1. The minimum atomic E-state index is -0.102. The maximum absolute atomic E-state index is 12.4. The van der Waals surface area contributed by atoms with Crippen molar-refractivity contribution >= 4 is 12.0 Å². The molecule has 1 aliphatic heterocycles. The third-order valence-electron chi connectivity index (χ3n) is 5.05. The molecule has 1 amide bonds. The molecule has 1 heterocycles. The summed E-state index contributed by atoms with van der Waals surface area (Å²) >= 11 is 0. The van der Waals surface area contributed by atoms with Crippen LogP contribution in [0.3, 0.4) is 0 Å². The number of likely N-dealkylation sites (tertiary alicyclic amines) is 1. The summed E-state index contributed by atoms with van der Waals surface area (Å²) in [7, 11) is 3.31. The monoisotopic (exact) mass is 380 g/mol. The van der Waals surface area contributed by atoms with Crippen molar-refractivity contribution in [1.29, 1.82) is 0 Å². The fraction of sp³-hybridized carbons (Fsp3) is 0.348. The van der Waals surface area contributed by atoms with Crippen molar-refractivity contribution in [1.82, 2.24) is 10.2 Å². The molecular formula is C23H28N2O3. The highest BCUT2D eigenvalue weighted by molar-refractivity contribution is 5.91. The largest absolute Gasteiger partial charge is 0.497 e. The SMILES string of the molecule is COc1cccc(/C=C/C(=O)NCC(c2cccc(OC)c2)N2CCCC2)c1. The van der Waals surface area contributed by atoms with Gasteiger partial charge in [0.25, 0.3) is 0 Å². The Morgan fingerprint density at radius 1 is 1.07 bits per heavy atom. The summed E-state index contributed by atoms with van der Waals surface area (Å²) in [6.07, 6.45) is 5.77. The van der Waals surface area contributed by atoms with Crippen LogP contribution < -0.4 is 14.8 Å². The highest BCUT2D eigenvalue weighted by atomic mass is 16.5. The van der Waals surface area contributed by atoms with E-state index < -0.39 is 0 Å². The van der Waals surface area contributed by atoms with Crippen molar-refractivity contribution in [3.8, 4) is 11.5 Å². The molecule has 1 fully saturated rings. The molecule has 1 unspecified atom stereocenters. The van der Waals surface area contributed by atoms with Crippen molar-refractivity contribution in [3.63, 3.8) is 0 Å². The van der Waals surface area contributed by atoms with Crippen molar-refractivity contribution in [3.05, 3.63) is 65.7 Å². The predicted octanol–water partition coefficient (Wildman–Crippen LogP) is 3.67. The van der Waals surface area contributed by atoms with Crippen LogP contribution in [0.25, 0.3) is 6.08 Å². The first-order valence-electron chi connectivity index (χ1n) is 9.67. The second kappa shape index (κ2) is 9.95. The van der Waals surface area contributed by atoms with E-state index in [0.717, 1.165) is 30.2 Å². The number of carbonyl (C=O) groups is 1. The maximum atomic E-state index is 12.4. The van der Waals surface area contributed by atoms with Crippen LogP contribution in [0.1, 0.15) is 30.0 Å². The molecule has 28 heavy (non-hydrogen) atoms. The fourth-order valence-corrected chi connectivity index (χ4v) is 3.53. The van der Waals surface area contributed by atoms with E-state index in [-0.39, 0.29) is 11.9 Å². The van der Waals surface area contributed by atoms with Crippen molar-refractivity contribution < 1.29 is 14.3 Å². The highest BCUT2D eigenvalue weighted by Gasteiger charge is 2.24. The zero-order chi connectivity index (χ0) is 19.8. The van der Waals surface area contributed by atoms with E-state index in [9.17, 15) is 4.79 Å². The molecular weight excluding hydrogens is 352 g/mol. The third kappa shape index (κ3) is 5.36. The lowest BCUT2D eigenvalue weighted by atomic mass is 10.0. The Morgan fingerprint density at radius 2 is 1.75 bits per heavy atom. The molecule has 3 rings (SSSR count). The van der Waals surface area contributed by atoms with E-state index in [1.807, 2.05) is 36.4 Å². The molecule has 0 radical (unpaired) electrons. The summed E-state index contributed by atoms with van der Waals surface area (Å²) in [5.74, 6) is 1.51. The van der Waals surface area contributed by atoms with E-state index in [2.05, 4.69) is 22.3 Å². The number of hydrogen-bond acceptors (Lipinski definition) is 4. The normalized spacial score (nSPS) is 15.5. The lowest BCUT2D eigenvalue weighted by Crippen LogP contribution is -2.36. The molecule has 0 aliphatic carbocycles. The number of nitrogens with zero attached hydrogens (tertiary/aromatic N) is 1. The van der Waals surface area contributed by atoms with Gasteiger partial charge in [-0.3, -0.25) is 9.69 Å². The molecule has 5 nitrogen and oxygen atoms in total. The average molecular weight is 380 g/mol. The van der Waals surface area contributed by atoms with E-state index in [4.69, 9.17) is 9.47 Å².